The van der Waals surface area contributed by atoms with Crippen LogP contribution in [-0.4, -0.2) is 33.9 Å². The zero-order chi connectivity index (χ0) is 19.7. The first-order valence-corrected chi connectivity index (χ1v) is 8.83. The van der Waals surface area contributed by atoms with Gasteiger partial charge in [-0.25, -0.2) is 18.7 Å². The lowest BCUT2D eigenvalue weighted by Crippen LogP contribution is -2.39. The normalized spacial score (nSPS) is 17.0. The Kier molecular flexibility index (Phi) is 4.85. The Morgan fingerprint density at radius 3 is 2.79 bits per heavy atom. The van der Waals surface area contributed by atoms with E-state index in [-0.39, 0.29) is 23.1 Å². The highest BCUT2D eigenvalue weighted by molar-refractivity contribution is 5.94. The Bertz CT molecular complexity index is 1000. The lowest BCUT2D eigenvalue weighted by molar-refractivity contribution is 0.0697. The Balaban J connectivity index is 1.51. The van der Waals surface area contributed by atoms with Gasteiger partial charge >= 0.3 is 0 Å². The van der Waals surface area contributed by atoms with Gasteiger partial charge in [-0.05, 0) is 37.1 Å². The second-order valence-corrected chi connectivity index (χ2v) is 6.66. The summed E-state index contributed by atoms with van der Waals surface area (Å²) in [5.74, 6) is -2.02. The van der Waals surface area contributed by atoms with E-state index in [0.717, 1.165) is 31.0 Å². The average molecular weight is 387 g/mol. The van der Waals surface area contributed by atoms with E-state index in [1.54, 1.807) is 4.90 Å². The van der Waals surface area contributed by atoms with Crippen molar-refractivity contribution in [3.05, 3.63) is 71.8 Å². The molecule has 28 heavy (non-hydrogen) atoms. The summed E-state index contributed by atoms with van der Waals surface area (Å²) in [4.78, 5) is 22.1. The summed E-state index contributed by atoms with van der Waals surface area (Å²) in [5.41, 5.74) is 0.736. The third kappa shape index (κ3) is 3.62. The number of hydrogen-bond donors (Lipinski definition) is 0. The third-order valence-corrected chi connectivity index (χ3v) is 4.76. The molecule has 3 heterocycles. The molecule has 0 radical (unpaired) electrons. The van der Waals surface area contributed by atoms with Crippen LogP contribution in [-0.2, 0) is 0 Å². The molecule has 0 aliphatic carbocycles. The van der Waals surface area contributed by atoms with Crippen LogP contribution >= 0.6 is 0 Å². The molecule has 0 bridgehead atoms. The number of piperidine rings is 1. The molecule has 0 N–H and O–H groups in total. The van der Waals surface area contributed by atoms with E-state index in [1.165, 1.54) is 24.6 Å². The lowest BCUT2D eigenvalue weighted by atomic mass is 9.97. The number of nitrogens with zero attached hydrogens (tertiary/aromatic N) is 3. The topological polar surface area (TPSA) is 59.2 Å². The molecular weight excluding hydrogens is 371 g/mol. The molecule has 1 fully saturated rings. The highest BCUT2D eigenvalue weighted by Crippen LogP contribution is 2.30. The Labute approximate surface area is 158 Å². The number of hydrogen-bond acceptors (Lipinski definition) is 4. The molecule has 4 rings (SSSR count). The second-order valence-electron chi connectivity index (χ2n) is 6.66. The minimum atomic E-state index is -0.718. The molecule has 3 aromatic rings. The van der Waals surface area contributed by atoms with E-state index >= 15 is 0 Å². The molecule has 1 saturated heterocycles. The van der Waals surface area contributed by atoms with Gasteiger partial charge in [-0.15, -0.1) is 0 Å². The van der Waals surface area contributed by atoms with Gasteiger partial charge in [0.15, 0.2) is 5.89 Å². The number of likely N-dealkylation sites (tertiary alicyclic amines) is 1. The van der Waals surface area contributed by atoms with Crippen LogP contribution in [0, 0.1) is 17.6 Å². The third-order valence-electron chi connectivity index (χ3n) is 4.76. The zero-order valence-electron chi connectivity index (χ0n) is 14.7. The van der Waals surface area contributed by atoms with Gasteiger partial charge in [0.1, 0.15) is 23.6 Å². The molecule has 144 valence electrons. The first-order chi connectivity index (χ1) is 13.5. The van der Waals surface area contributed by atoms with E-state index < -0.39 is 17.6 Å². The van der Waals surface area contributed by atoms with Crippen LogP contribution in [0.1, 0.15) is 35.0 Å². The lowest BCUT2D eigenvalue weighted by Gasteiger charge is -2.31. The van der Waals surface area contributed by atoms with Crippen molar-refractivity contribution in [3.8, 4) is 11.3 Å². The minimum Gasteiger partial charge on any atom is -0.448 e. The van der Waals surface area contributed by atoms with Crippen molar-refractivity contribution in [2.24, 2.45) is 0 Å². The van der Waals surface area contributed by atoms with Crippen LogP contribution in [0.15, 0.2) is 47.2 Å². The highest BCUT2D eigenvalue weighted by Gasteiger charge is 2.29. The largest absolute Gasteiger partial charge is 0.448 e. The molecule has 1 aromatic carbocycles. The van der Waals surface area contributed by atoms with Gasteiger partial charge in [0.2, 0.25) is 5.95 Å². The van der Waals surface area contributed by atoms with Crippen LogP contribution in [0.4, 0.5) is 13.2 Å². The van der Waals surface area contributed by atoms with Gasteiger partial charge in [-0.2, -0.15) is 4.39 Å². The first kappa shape index (κ1) is 18.2. The monoisotopic (exact) mass is 387 g/mol. The van der Waals surface area contributed by atoms with Crippen LogP contribution < -0.4 is 0 Å². The number of rotatable bonds is 3. The quantitative estimate of drug-likeness (QED) is 0.633. The molecule has 8 heteroatoms. The maximum absolute atomic E-state index is 14.0. The van der Waals surface area contributed by atoms with E-state index in [2.05, 4.69) is 9.97 Å². The summed E-state index contributed by atoms with van der Waals surface area (Å²) in [6.45, 7) is 0.939. The van der Waals surface area contributed by atoms with Gasteiger partial charge in [0, 0.05) is 30.9 Å². The molecule has 1 aliphatic heterocycles. The fraction of sp³-hybridized carbons (Fsp3) is 0.250. The second kappa shape index (κ2) is 7.46. The van der Waals surface area contributed by atoms with Crippen molar-refractivity contribution in [1.29, 1.82) is 0 Å². The number of halogens is 3. The van der Waals surface area contributed by atoms with Crippen LogP contribution in [0.5, 0.6) is 0 Å². The molecule has 0 saturated carbocycles. The van der Waals surface area contributed by atoms with E-state index in [1.807, 2.05) is 0 Å². The summed E-state index contributed by atoms with van der Waals surface area (Å²) in [7, 11) is 0. The summed E-state index contributed by atoms with van der Waals surface area (Å²) >= 11 is 0. The molecule has 2 aromatic heterocycles. The van der Waals surface area contributed by atoms with Crippen molar-refractivity contribution >= 4 is 5.91 Å². The fourth-order valence-electron chi connectivity index (χ4n) is 3.34. The van der Waals surface area contributed by atoms with Crippen molar-refractivity contribution in [2.45, 2.75) is 18.8 Å². The molecule has 0 spiro atoms. The highest BCUT2D eigenvalue weighted by atomic mass is 19.1. The Morgan fingerprint density at radius 2 is 2.04 bits per heavy atom. The van der Waals surface area contributed by atoms with Crippen molar-refractivity contribution in [2.75, 3.05) is 13.1 Å². The van der Waals surface area contributed by atoms with E-state index in [4.69, 9.17) is 4.42 Å². The standard InChI is InChI=1S/C20H16F3N3O2/c21-14-4-5-15(16(22)8-14)17-11-28-19(25-17)13-2-1-7-26(10-13)20(27)12-3-6-18(23)24-9-12/h3-6,8-9,11,13H,1-2,7,10H2. The molecule has 1 atom stereocenters. The predicted molar refractivity (Wildman–Crippen MR) is 93.9 cm³/mol. The number of carbonyl (C=O) groups excluding carboxylic acids is 1. The summed E-state index contributed by atoms with van der Waals surface area (Å²) in [6, 6.07) is 5.80. The SMILES string of the molecule is O=C(c1ccc(F)nc1)N1CCCC(c2nc(-c3ccc(F)cc3F)co2)C1. The number of aromatic nitrogens is 2. The molecular formula is C20H16F3N3O2. The van der Waals surface area contributed by atoms with Gasteiger partial charge in [-0.3, -0.25) is 4.79 Å². The van der Waals surface area contributed by atoms with Crippen molar-refractivity contribution < 1.29 is 22.4 Å². The summed E-state index contributed by atoms with van der Waals surface area (Å²) in [5, 5.41) is 0. The minimum absolute atomic E-state index is 0.150. The Hall–Kier alpha value is -3.16. The van der Waals surface area contributed by atoms with E-state index in [9.17, 15) is 18.0 Å². The van der Waals surface area contributed by atoms with Crippen LogP contribution in [0.3, 0.4) is 0 Å². The molecule has 5 nitrogen and oxygen atoms in total. The fourth-order valence-corrected chi connectivity index (χ4v) is 3.34. The summed E-state index contributed by atoms with van der Waals surface area (Å²) < 4.78 is 45.5. The maximum atomic E-state index is 14.0. The van der Waals surface area contributed by atoms with Crippen LogP contribution in [0.2, 0.25) is 0 Å². The number of pyridine rings is 1. The molecule has 1 aliphatic rings. The maximum Gasteiger partial charge on any atom is 0.255 e. The first-order valence-electron chi connectivity index (χ1n) is 8.83. The van der Waals surface area contributed by atoms with Gasteiger partial charge in [0.05, 0.1) is 11.5 Å². The van der Waals surface area contributed by atoms with Gasteiger partial charge in [-0.1, -0.05) is 0 Å². The van der Waals surface area contributed by atoms with E-state index in [0.29, 0.717) is 24.5 Å². The zero-order valence-corrected chi connectivity index (χ0v) is 14.7. The number of benzene rings is 1. The number of oxazole rings is 1. The van der Waals surface area contributed by atoms with Gasteiger partial charge < -0.3 is 9.32 Å². The van der Waals surface area contributed by atoms with Crippen molar-refractivity contribution in [1.82, 2.24) is 14.9 Å². The number of amides is 1. The smallest absolute Gasteiger partial charge is 0.255 e. The summed E-state index contributed by atoms with van der Waals surface area (Å²) in [6.07, 6.45) is 4.04. The average Bonchev–Trinajstić information content (AvgIpc) is 3.18. The predicted octanol–water partition coefficient (Wildman–Crippen LogP) is 4.17. The Morgan fingerprint density at radius 1 is 1.18 bits per heavy atom. The molecule has 1 unspecified atom stereocenters. The molecule has 1 amide bonds. The number of carbonyl (C=O) groups is 1. The van der Waals surface area contributed by atoms with Crippen molar-refractivity contribution in [3.63, 3.8) is 0 Å². The van der Waals surface area contributed by atoms with Crippen LogP contribution in [0.25, 0.3) is 11.3 Å². The van der Waals surface area contributed by atoms with Gasteiger partial charge in [0.25, 0.3) is 5.91 Å².